The number of unbranched alkanes of at least 4 members (excludes halogenated alkanes) is 1. The van der Waals surface area contributed by atoms with Crippen LogP contribution in [-0.4, -0.2) is 18.6 Å². The third kappa shape index (κ3) is 4.17. The highest BCUT2D eigenvalue weighted by atomic mass is 32.2. The maximum absolute atomic E-state index is 3.50. The molecule has 0 saturated carbocycles. The summed E-state index contributed by atoms with van der Waals surface area (Å²) in [4.78, 5) is 0. The van der Waals surface area contributed by atoms with Crippen LogP contribution in [0.15, 0.2) is 18.2 Å². The molecule has 0 aliphatic rings. The molecular weight excluding hydrogens is 202 g/mol. The monoisotopic (exact) mass is 223 g/mol. The van der Waals surface area contributed by atoms with Crippen LogP contribution in [0.25, 0.3) is 0 Å². The van der Waals surface area contributed by atoms with Gasteiger partial charge in [0.2, 0.25) is 0 Å². The first-order valence-electron chi connectivity index (χ1n) is 5.54. The number of rotatable bonds is 6. The van der Waals surface area contributed by atoms with Gasteiger partial charge in [0, 0.05) is 12.2 Å². The van der Waals surface area contributed by atoms with Crippen LogP contribution in [0.2, 0.25) is 0 Å². The molecule has 0 saturated heterocycles. The number of hydrogen-bond acceptors (Lipinski definition) is 2. The maximum atomic E-state index is 3.50. The molecule has 0 heterocycles. The molecule has 0 aliphatic heterocycles. The van der Waals surface area contributed by atoms with E-state index in [1.54, 1.807) is 0 Å². The standard InChI is InChI=1S/C13H21NS/c1-11-7-6-8-13(12(11)2)14-9-4-5-10-15-3/h6-8,14H,4-5,9-10H2,1-3H3. The van der Waals surface area contributed by atoms with Crippen LogP contribution in [0.4, 0.5) is 5.69 Å². The fourth-order valence-corrected chi connectivity index (χ4v) is 2.03. The molecule has 0 atom stereocenters. The Kier molecular flexibility index (Phi) is 5.62. The predicted molar refractivity (Wildman–Crippen MR) is 72.0 cm³/mol. The molecule has 2 heteroatoms. The molecule has 84 valence electrons. The van der Waals surface area contributed by atoms with Crippen molar-refractivity contribution in [1.29, 1.82) is 0 Å². The van der Waals surface area contributed by atoms with E-state index in [1.165, 1.54) is 35.4 Å². The quantitative estimate of drug-likeness (QED) is 0.735. The van der Waals surface area contributed by atoms with Crippen molar-refractivity contribution < 1.29 is 0 Å². The first-order valence-corrected chi connectivity index (χ1v) is 6.94. The lowest BCUT2D eigenvalue weighted by Crippen LogP contribution is -2.03. The molecule has 0 unspecified atom stereocenters. The molecule has 1 aromatic carbocycles. The Morgan fingerprint density at radius 2 is 2.00 bits per heavy atom. The van der Waals surface area contributed by atoms with Crippen molar-refractivity contribution in [2.24, 2.45) is 0 Å². The second-order valence-corrected chi connectivity index (χ2v) is 4.86. The number of thioether (sulfide) groups is 1. The van der Waals surface area contributed by atoms with Crippen molar-refractivity contribution in [3.05, 3.63) is 29.3 Å². The minimum absolute atomic E-state index is 1.09. The van der Waals surface area contributed by atoms with Crippen molar-refractivity contribution in [2.75, 3.05) is 23.9 Å². The zero-order chi connectivity index (χ0) is 11.1. The van der Waals surface area contributed by atoms with Gasteiger partial charge >= 0.3 is 0 Å². The molecule has 0 aromatic heterocycles. The molecule has 1 rings (SSSR count). The molecule has 1 nitrogen and oxygen atoms in total. The molecule has 15 heavy (non-hydrogen) atoms. The minimum Gasteiger partial charge on any atom is -0.385 e. The van der Waals surface area contributed by atoms with Crippen LogP contribution < -0.4 is 5.32 Å². The zero-order valence-corrected chi connectivity index (χ0v) is 10.8. The first-order chi connectivity index (χ1) is 7.25. The highest BCUT2D eigenvalue weighted by Gasteiger charge is 1.98. The van der Waals surface area contributed by atoms with Crippen molar-refractivity contribution in [2.45, 2.75) is 26.7 Å². The van der Waals surface area contributed by atoms with E-state index < -0.39 is 0 Å². The lowest BCUT2D eigenvalue weighted by molar-refractivity contribution is 0.842. The van der Waals surface area contributed by atoms with Gasteiger partial charge in [-0.05, 0) is 55.9 Å². The van der Waals surface area contributed by atoms with Gasteiger partial charge in [-0.25, -0.2) is 0 Å². The molecular formula is C13H21NS. The van der Waals surface area contributed by atoms with E-state index in [2.05, 4.69) is 43.6 Å². The summed E-state index contributed by atoms with van der Waals surface area (Å²) >= 11 is 1.93. The summed E-state index contributed by atoms with van der Waals surface area (Å²) in [7, 11) is 0. The van der Waals surface area contributed by atoms with Crippen molar-refractivity contribution in [3.8, 4) is 0 Å². The zero-order valence-electron chi connectivity index (χ0n) is 9.97. The summed E-state index contributed by atoms with van der Waals surface area (Å²) < 4.78 is 0. The van der Waals surface area contributed by atoms with Gasteiger partial charge in [0.15, 0.2) is 0 Å². The summed E-state index contributed by atoms with van der Waals surface area (Å²) in [5.41, 5.74) is 4.03. The Hall–Kier alpha value is -0.630. The minimum atomic E-state index is 1.09. The van der Waals surface area contributed by atoms with Gasteiger partial charge in [-0.3, -0.25) is 0 Å². The second kappa shape index (κ2) is 6.78. The third-order valence-electron chi connectivity index (χ3n) is 2.70. The second-order valence-electron chi connectivity index (χ2n) is 3.87. The fraction of sp³-hybridized carbons (Fsp3) is 0.538. The van der Waals surface area contributed by atoms with Crippen LogP contribution in [0, 0.1) is 13.8 Å². The van der Waals surface area contributed by atoms with Crippen molar-refractivity contribution in [3.63, 3.8) is 0 Å². The highest BCUT2D eigenvalue weighted by molar-refractivity contribution is 7.98. The summed E-state index contributed by atoms with van der Waals surface area (Å²) in [6.07, 6.45) is 4.73. The lowest BCUT2D eigenvalue weighted by atomic mass is 10.1. The van der Waals surface area contributed by atoms with E-state index in [4.69, 9.17) is 0 Å². The molecule has 1 aromatic rings. The largest absolute Gasteiger partial charge is 0.385 e. The lowest BCUT2D eigenvalue weighted by Gasteiger charge is -2.10. The predicted octanol–water partition coefficient (Wildman–Crippen LogP) is 3.86. The van der Waals surface area contributed by atoms with E-state index in [9.17, 15) is 0 Å². The molecule has 0 fully saturated rings. The Balaban J connectivity index is 2.34. The molecule has 0 spiro atoms. The normalized spacial score (nSPS) is 10.3. The van der Waals surface area contributed by atoms with Gasteiger partial charge in [-0.2, -0.15) is 11.8 Å². The van der Waals surface area contributed by atoms with E-state index in [0.29, 0.717) is 0 Å². The van der Waals surface area contributed by atoms with Crippen LogP contribution >= 0.6 is 11.8 Å². The van der Waals surface area contributed by atoms with Crippen LogP contribution in [0.1, 0.15) is 24.0 Å². The van der Waals surface area contributed by atoms with E-state index in [-0.39, 0.29) is 0 Å². The third-order valence-corrected chi connectivity index (χ3v) is 3.39. The Morgan fingerprint density at radius 1 is 1.20 bits per heavy atom. The average Bonchev–Trinajstić information content (AvgIpc) is 2.24. The molecule has 0 bridgehead atoms. The average molecular weight is 223 g/mol. The van der Waals surface area contributed by atoms with Gasteiger partial charge in [0.05, 0.1) is 0 Å². The fourth-order valence-electron chi connectivity index (χ4n) is 1.54. The maximum Gasteiger partial charge on any atom is 0.0372 e. The number of hydrogen-bond donors (Lipinski definition) is 1. The molecule has 0 radical (unpaired) electrons. The number of aryl methyl sites for hydroxylation is 1. The smallest absolute Gasteiger partial charge is 0.0372 e. The number of anilines is 1. The number of benzene rings is 1. The topological polar surface area (TPSA) is 12.0 Å². The summed E-state index contributed by atoms with van der Waals surface area (Å²) in [6.45, 7) is 5.43. The van der Waals surface area contributed by atoms with Crippen molar-refractivity contribution >= 4 is 17.4 Å². The van der Waals surface area contributed by atoms with E-state index in [0.717, 1.165) is 6.54 Å². The summed E-state index contributed by atoms with van der Waals surface area (Å²) in [5, 5.41) is 3.50. The molecule has 0 aliphatic carbocycles. The van der Waals surface area contributed by atoms with Gasteiger partial charge in [-0.1, -0.05) is 12.1 Å². The first kappa shape index (κ1) is 12.4. The van der Waals surface area contributed by atoms with E-state index in [1.807, 2.05) is 11.8 Å². The van der Waals surface area contributed by atoms with Crippen LogP contribution in [0.3, 0.4) is 0 Å². The van der Waals surface area contributed by atoms with Gasteiger partial charge in [-0.15, -0.1) is 0 Å². The highest BCUT2D eigenvalue weighted by Crippen LogP contribution is 2.17. The van der Waals surface area contributed by atoms with Gasteiger partial charge in [0.25, 0.3) is 0 Å². The van der Waals surface area contributed by atoms with Gasteiger partial charge < -0.3 is 5.32 Å². The Morgan fingerprint density at radius 3 is 2.73 bits per heavy atom. The molecule has 1 N–H and O–H groups in total. The van der Waals surface area contributed by atoms with Crippen LogP contribution in [0.5, 0.6) is 0 Å². The number of nitrogens with one attached hydrogen (secondary N) is 1. The Labute approximate surface area is 97.7 Å². The van der Waals surface area contributed by atoms with Crippen LogP contribution in [-0.2, 0) is 0 Å². The Bertz CT molecular complexity index is 297. The SMILES string of the molecule is CSCCCCNc1cccc(C)c1C. The van der Waals surface area contributed by atoms with Gasteiger partial charge in [0.1, 0.15) is 0 Å². The van der Waals surface area contributed by atoms with Crippen molar-refractivity contribution in [1.82, 2.24) is 0 Å². The summed E-state index contributed by atoms with van der Waals surface area (Å²) in [6, 6.07) is 6.44. The summed E-state index contributed by atoms with van der Waals surface area (Å²) in [5.74, 6) is 1.27. The van der Waals surface area contributed by atoms with E-state index >= 15 is 0 Å². The molecule has 0 amide bonds.